The summed E-state index contributed by atoms with van der Waals surface area (Å²) in [4.78, 5) is 38.1. The molecule has 0 aliphatic carbocycles. The van der Waals surface area contributed by atoms with Crippen LogP contribution in [0.4, 0.5) is 0 Å². The Morgan fingerprint density at radius 2 is 0.582 bits per heavy atom. The van der Waals surface area contributed by atoms with Crippen molar-refractivity contribution in [3.05, 3.63) is 48.6 Å². The van der Waals surface area contributed by atoms with Crippen molar-refractivity contribution >= 4 is 17.9 Å². The molecule has 0 N–H and O–H groups in total. The zero-order valence-electron chi connectivity index (χ0n) is 44.7. The number of carbonyl (C=O) groups excluding carboxylic acids is 3. The molecule has 0 rings (SSSR count). The van der Waals surface area contributed by atoms with Gasteiger partial charge >= 0.3 is 17.9 Å². The van der Waals surface area contributed by atoms with Crippen LogP contribution in [-0.2, 0) is 28.6 Å². The molecule has 0 aliphatic rings. The lowest BCUT2D eigenvalue weighted by molar-refractivity contribution is -0.167. The van der Waals surface area contributed by atoms with E-state index in [0.29, 0.717) is 19.3 Å². The third kappa shape index (κ3) is 54.2. The van der Waals surface area contributed by atoms with E-state index in [1.807, 2.05) is 0 Å². The van der Waals surface area contributed by atoms with Crippen LogP contribution in [0.1, 0.15) is 303 Å². The molecule has 0 saturated carbocycles. The first-order chi connectivity index (χ1) is 33.0. The van der Waals surface area contributed by atoms with Crippen molar-refractivity contribution in [3.63, 3.8) is 0 Å². The number of unbranched alkanes of at least 4 members (excludes halogenated alkanes) is 34. The highest BCUT2D eigenvalue weighted by atomic mass is 16.6. The van der Waals surface area contributed by atoms with Crippen molar-refractivity contribution in [2.45, 2.75) is 309 Å². The fourth-order valence-electron chi connectivity index (χ4n) is 8.49. The number of esters is 3. The largest absolute Gasteiger partial charge is 0.462 e. The molecule has 0 unspecified atom stereocenters. The van der Waals surface area contributed by atoms with Gasteiger partial charge in [0.2, 0.25) is 0 Å². The average Bonchev–Trinajstić information content (AvgIpc) is 3.33. The number of ether oxygens (including phenoxy) is 3. The lowest BCUT2D eigenvalue weighted by Gasteiger charge is -2.18. The Kier molecular flexibility index (Phi) is 53.8. The minimum atomic E-state index is -0.779. The number of hydrogen-bond donors (Lipinski definition) is 0. The van der Waals surface area contributed by atoms with E-state index in [4.69, 9.17) is 14.2 Å². The fraction of sp³-hybridized carbons (Fsp3) is 0.820. The van der Waals surface area contributed by atoms with Crippen LogP contribution in [0.5, 0.6) is 0 Å². The number of allylic oxidation sites excluding steroid dienone is 8. The van der Waals surface area contributed by atoms with Crippen LogP contribution in [0.15, 0.2) is 48.6 Å². The summed E-state index contributed by atoms with van der Waals surface area (Å²) in [6, 6.07) is 0. The predicted octanol–water partition coefficient (Wildman–Crippen LogP) is 19.4. The van der Waals surface area contributed by atoms with E-state index in [1.165, 1.54) is 167 Å². The summed E-state index contributed by atoms with van der Waals surface area (Å²) in [5, 5.41) is 0. The minimum absolute atomic E-state index is 0.0766. The highest BCUT2D eigenvalue weighted by Gasteiger charge is 2.19. The van der Waals surface area contributed by atoms with Crippen molar-refractivity contribution in [3.8, 4) is 0 Å². The second-order valence-electron chi connectivity index (χ2n) is 19.5. The zero-order chi connectivity index (χ0) is 48.6. The quantitative estimate of drug-likeness (QED) is 0.0262. The Bertz CT molecular complexity index is 1170. The summed E-state index contributed by atoms with van der Waals surface area (Å²) in [7, 11) is 0. The van der Waals surface area contributed by atoms with Crippen molar-refractivity contribution in [1.29, 1.82) is 0 Å². The normalized spacial score (nSPS) is 12.3. The molecule has 0 amide bonds. The van der Waals surface area contributed by atoms with Crippen LogP contribution in [0.25, 0.3) is 0 Å². The highest BCUT2D eigenvalue weighted by molar-refractivity contribution is 5.71. The summed E-state index contributed by atoms with van der Waals surface area (Å²) in [6.07, 6.45) is 68.2. The zero-order valence-corrected chi connectivity index (χ0v) is 44.7. The van der Waals surface area contributed by atoms with Crippen LogP contribution < -0.4 is 0 Å². The molecule has 390 valence electrons. The molecule has 0 heterocycles. The maximum Gasteiger partial charge on any atom is 0.306 e. The molecule has 0 aliphatic heterocycles. The molecular formula is C61H110O6. The monoisotopic (exact) mass is 939 g/mol. The molecule has 1 atom stereocenters. The lowest BCUT2D eigenvalue weighted by atomic mass is 10.0. The maximum absolute atomic E-state index is 12.9. The Morgan fingerprint density at radius 1 is 0.313 bits per heavy atom. The van der Waals surface area contributed by atoms with Gasteiger partial charge in [0.1, 0.15) is 13.2 Å². The van der Waals surface area contributed by atoms with E-state index < -0.39 is 6.10 Å². The molecule has 0 aromatic rings. The lowest BCUT2D eigenvalue weighted by Crippen LogP contribution is -2.30. The van der Waals surface area contributed by atoms with Crippen molar-refractivity contribution in [1.82, 2.24) is 0 Å². The topological polar surface area (TPSA) is 78.9 Å². The highest BCUT2D eigenvalue weighted by Crippen LogP contribution is 2.17. The van der Waals surface area contributed by atoms with Crippen molar-refractivity contribution in [2.24, 2.45) is 0 Å². The summed E-state index contributed by atoms with van der Waals surface area (Å²) < 4.78 is 16.9. The van der Waals surface area contributed by atoms with Gasteiger partial charge in [-0.3, -0.25) is 14.4 Å². The molecule has 0 radical (unpaired) electrons. The predicted molar refractivity (Wildman–Crippen MR) is 289 cm³/mol. The van der Waals surface area contributed by atoms with Gasteiger partial charge in [0.15, 0.2) is 6.10 Å². The van der Waals surface area contributed by atoms with Gasteiger partial charge in [-0.25, -0.2) is 0 Å². The van der Waals surface area contributed by atoms with Gasteiger partial charge in [-0.1, -0.05) is 275 Å². The molecule has 67 heavy (non-hydrogen) atoms. The molecule has 0 saturated heterocycles. The molecule has 6 nitrogen and oxygen atoms in total. The summed E-state index contributed by atoms with van der Waals surface area (Å²) in [6.45, 7) is 6.55. The molecule has 0 aromatic carbocycles. The SMILES string of the molecule is CC/C=C\C/C=C\C/C=C\C/C=C\CCCCCCC(=O)OC[C@H](COC(=O)CCCCCCCCCCCCCCC)OC(=O)CCCCCCCCCCCCCCCCCCCCC. The summed E-state index contributed by atoms with van der Waals surface area (Å²) in [5.74, 6) is -0.884. The van der Waals surface area contributed by atoms with Gasteiger partial charge in [-0.05, 0) is 57.8 Å². The van der Waals surface area contributed by atoms with E-state index in [9.17, 15) is 14.4 Å². The van der Waals surface area contributed by atoms with Crippen molar-refractivity contribution in [2.75, 3.05) is 13.2 Å². The Labute approximate surface area is 416 Å². The van der Waals surface area contributed by atoms with Crippen molar-refractivity contribution < 1.29 is 28.6 Å². The van der Waals surface area contributed by atoms with Gasteiger partial charge in [0.25, 0.3) is 0 Å². The third-order valence-corrected chi connectivity index (χ3v) is 12.8. The van der Waals surface area contributed by atoms with Crippen LogP contribution in [-0.4, -0.2) is 37.2 Å². The third-order valence-electron chi connectivity index (χ3n) is 12.8. The second-order valence-corrected chi connectivity index (χ2v) is 19.5. The van der Waals surface area contributed by atoms with Gasteiger partial charge in [0.05, 0.1) is 0 Å². The van der Waals surface area contributed by atoms with E-state index in [0.717, 1.165) is 96.3 Å². The Balaban J connectivity index is 4.36. The molecular weight excluding hydrogens is 829 g/mol. The Morgan fingerprint density at radius 3 is 0.910 bits per heavy atom. The molecule has 6 heteroatoms. The standard InChI is InChI=1S/C61H110O6/c1-4-7-10-13-16-19-22-25-27-29-30-32-34-37-40-43-46-49-52-55-61(64)67-58(56-65-59(62)53-50-47-44-41-38-35-24-21-18-15-12-9-6-3)57-66-60(63)54-51-48-45-42-39-36-33-31-28-26-23-20-17-14-11-8-5-2/h8,11,17,20,26,28,33,36,58H,4-7,9-10,12-16,18-19,21-25,27,29-32,34-35,37-57H2,1-3H3/b11-8-,20-17-,28-26-,36-33-/t58-/m0/s1. The van der Waals surface area contributed by atoms with Crippen LogP contribution >= 0.6 is 0 Å². The van der Waals surface area contributed by atoms with E-state index in [1.54, 1.807) is 0 Å². The van der Waals surface area contributed by atoms with Gasteiger partial charge in [0, 0.05) is 19.3 Å². The minimum Gasteiger partial charge on any atom is -0.462 e. The molecule has 0 aromatic heterocycles. The van der Waals surface area contributed by atoms with Crippen LogP contribution in [0.3, 0.4) is 0 Å². The molecule has 0 fully saturated rings. The van der Waals surface area contributed by atoms with Gasteiger partial charge in [-0.15, -0.1) is 0 Å². The Hall–Kier alpha value is -2.63. The van der Waals surface area contributed by atoms with Gasteiger partial charge in [-0.2, -0.15) is 0 Å². The summed E-state index contributed by atoms with van der Waals surface area (Å²) >= 11 is 0. The van der Waals surface area contributed by atoms with Gasteiger partial charge < -0.3 is 14.2 Å². The van der Waals surface area contributed by atoms with E-state index in [-0.39, 0.29) is 31.1 Å². The van der Waals surface area contributed by atoms with Crippen LogP contribution in [0, 0.1) is 0 Å². The number of hydrogen-bond acceptors (Lipinski definition) is 6. The van der Waals surface area contributed by atoms with E-state index in [2.05, 4.69) is 69.4 Å². The first-order valence-electron chi connectivity index (χ1n) is 29.1. The first-order valence-corrected chi connectivity index (χ1v) is 29.1. The second kappa shape index (κ2) is 56.0. The van der Waals surface area contributed by atoms with Crippen LogP contribution in [0.2, 0.25) is 0 Å². The molecule has 0 spiro atoms. The fourth-order valence-corrected chi connectivity index (χ4v) is 8.49. The number of carbonyl (C=O) groups is 3. The van der Waals surface area contributed by atoms with E-state index >= 15 is 0 Å². The maximum atomic E-state index is 12.9. The molecule has 0 bridgehead atoms. The number of rotatable bonds is 53. The summed E-state index contributed by atoms with van der Waals surface area (Å²) in [5.41, 5.74) is 0. The smallest absolute Gasteiger partial charge is 0.306 e. The first kappa shape index (κ1) is 64.4. The average molecular weight is 940 g/mol.